The van der Waals surface area contributed by atoms with Crippen LogP contribution in [0.15, 0.2) is 54.9 Å². The van der Waals surface area contributed by atoms with E-state index in [9.17, 15) is 9.90 Å². The van der Waals surface area contributed by atoms with E-state index >= 15 is 0 Å². The van der Waals surface area contributed by atoms with Crippen molar-refractivity contribution in [3.63, 3.8) is 0 Å². The van der Waals surface area contributed by atoms with E-state index in [-0.39, 0.29) is 6.42 Å². The van der Waals surface area contributed by atoms with Gasteiger partial charge in [0, 0.05) is 29.2 Å². The van der Waals surface area contributed by atoms with Crippen molar-refractivity contribution >= 4 is 46.2 Å². The Morgan fingerprint density at radius 1 is 1.19 bits per heavy atom. The highest BCUT2D eigenvalue weighted by Crippen LogP contribution is 2.36. The zero-order valence-electron chi connectivity index (χ0n) is 19.5. The van der Waals surface area contributed by atoms with Gasteiger partial charge < -0.3 is 21.1 Å². The molecule has 2 aromatic carbocycles. The topological polar surface area (TPSA) is 122 Å². The molecule has 4 aromatic rings. The number of hydrogen-bond donors (Lipinski definition) is 3. The lowest BCUT2D eigenvalue weighted by atomic mass is 9.85. The van der Waals surface area contributed by atoms with Crippen molar-refractivity contribution in [1.82, 2.24) is 24.8 Å². The van der Waals surface area contributed by atoms with Crippen LogP contribution in [-0.2, 0) is 4.79 Å². The van der Waals surface area contributed by atoms with E-state index in [1.165, 1.54) is 6.33 Å². The first-order valence-electron chi connectivity index (χ1n) is 11.6. The maximum absolute atomic E-state index is 12.1. The van der Waals surface area contributed by atoms with Crippen LogP contribution in [-0.4, -0.2) is 55.4 Å². The van der Waals surface area contributed by atoms with Gasteiger partial charge in [-0.1, -0.05) is 42.3 Å². The Morgan fingerprint density at radius 3 is 2.61 bits per heavy atom. The Bertz CT molecular complexity index is 1430. The summed E-state index contributed by atoms with van der Waals surface area (Å²) in [6.45, 7) is 2.81. The Labute approximate surface area is 217 Å². The standard InChI is InChI=1S/C25H25Cl2N7O2/c1-2-31-25(24(35)36)11-12-33(19(28)13-25)22-20-23(30-14-29-22)34(16-9-7-15(26)8-10-16)21(32-20)17-5-3-4-6-18(17)27/h3-10,14,19,31H,2,11-13,28H2,1H3,(H,35,36). The molecule has 4 N–H and O–H groups in total. The molecular weight excluding hydrogens is 501 g/mol. The zero-order valence-corrected chi connectivity index (χ0v) is 21.0. The molecule has 0 spiro atoms. The quantitative estimate of drug-likeness (QED) is 0.343. The first kappa shape index (κ1) is 24.5. The van der Waals surface area contributed by atoms with Gasteiger partial charge in [0.1, 0.15) is 17.7 Å². The lowest BCUT2D eigenvalue weighted by Gasteiger charge is -2.43. The third-order valence-electron chi connectivity index (χ3n) is 6.56. The molecule has 0 amide bonds. The summed E-state index contributed by atoms with van der Waals surface area (Å²) in [5.41, 5.74) is 8.13. The number of nitrogens with two attached hydrogens (primary N) is 1. The maximum Gasteiger partial charge on any atom is 0.324 e. The number of anilines is 1. The van der Waals surface area contributed by atoms with E-state index in [4.69, 9.17) is 33.9 Å². The smallest absolute Gasteiger partial charge is 0.324 e. The second-order valence-electron chi connectivity index (χ2n) is 8.73. The van der Waals surface area contributed by atoms with Crippen molar-refractivity contribution < 1.29 is 9.90 Å². The molecule has 186 valence electrons. The number of rotatable bonds is 6. The number of hydrogen-bond acceptors (Lipinski definition) is 7. The molecule has 9 nitrogen and oxygen atoms in total. The number of fused-ring (bicyclic) bond motifs is 1. The Hall–Kier alpha value is -3.24. The number of nitrogens with one attached hydrogen (secondary N) is 1. The molecule has 0 saturated carbocycles. The molecular formula is C25H25Cl2N7O2. The third-order valence-corrected chi connectivity index (χ3v) is 7.14. The Balaban J connectivity index is 1.66. The van der Waals surface area contributed by atoms with Crippen LogP contribution in [0.3, 0.4) is 0 Å². The number of likely N-dealkylation sites (N-methyl/N-ethyl adjacent to an activating group) is 1. The van der Waals surface area contributed by atoms with Gasteiger partial charge >= 0.3 is 5.97 Å². The number of imidazole rings is 1. The molecule has 1 fully saturated rings. The number of aliphatic carboxylic acids is 1. The molecule has 2 aromatic heterocycles. The lowest BCUT2D eigenvalue weighted by Crippen LogP contribution is -2.63. The lowest BCUT2D eigenvalue weighted by molar-refractivity contribution is -0.146. The molecule has 3 heterocycles. The molecule has 0 bridgehead atoms. The molecule has 36 heavy (non-hydrogen) atoms. The summed E-state index contributed by atoms with van der Waals surface area (Å²) < 4.78 is 1.91. The highest BCUT2D eigenvalue weighted by Gasteiger charge is 2.45. The zero-order chi connectivity index (χ0) is 25.4. The fourth-order valence-corrected chi connectivity index (χ4v) is 5.17. The van der Waals surface area contributed by atoms with Crippen molar-refractivity contribution in [2.24, 2.45) is 5.73 Å². The predicted octanol–water partition coefficient (Wildman–Crippen LogP) is 4.11. The Morgan fingerprint density at radius 2 is 1.94 bits per heavy atom. The summed E-state index contributed by atoms with van der Waals surface area (Å²) in [6, 6.07) is 14.8. The number of carboxylic acid groups (broad SMARTS) is 1. The molecule has 1 aliphatic heterocycles. The summed E-state index contributed by atoms with van der Waals surface area (Å²) >= 11 is 12.7. The molecule has 1 saturated heterocycles. The largest absolute Gasteiger partial charge is 0.480 e. The van der Waals surface area contributed by atoms with Crippen LogP contribution in [0.5, 0.6) is 0 Å². The summed E-state index contributed by atoms with van der Waals surface area (Å²) in [4.78, 5) is 28.0. The van der Waals surface area contributed by atoms with Gasteiger partial charge in [0.05, 0.1) is 11.2 Å². The van der Waals surface area contributed by atoms with E-state index in [2.05, 4.69) is 15.3 Å². The van der Waals surface area contributed by atoms with E-state index in [1.807, 2.05) is 52.8 Å². The van der Waals surface area contributed by atoms with Gasteiger partial charge in [-0.2, -0.15) is 0 Å². The van der Waals surface area contributed by atoms with Crippen molar-refractivity contribution in [3.05, 3.63) is 64.9 Å². The minimum Gasteiger partial charge on any atom is -0.480 e. The number of carbonyl (C=O) groups is 1. The summed E-state index contributed by atoms with van der Waals surface area (Å²) in [6.07, 6.45) is 1.47. The molecule has 2 atom stereocenters. The summed E-state index contributed by atoms with van der Waals surface area (Å²) in [5, 5.41) is 14.2. The number of benzene rings is 2. The maximum atomic E-state index is 12.1. The van der Waals surface area contributed by atoms with Gasteiger partial charge in [-0.25, -0.2) is 15.0 Å². The summed E-state index contributed by atoms with van der Waals surface area (Å²) in [7, 11) is 0. The monoisotopic (exact) mass is 525 g/mol. The average molecular weight is 526 g/mol. The molecule has 0 radical (unpaired) electrons. The Kier molecular flexibility index (Phi) is 6.57. The first-order chi connectivity index (χ1) is 17.3. The molecule has 5 rings (SSSR count). The van der Waals surface area contributed by atoms with E-state index in [1.54, 1.807) is 12.1 Å². The van der Waals surface area contributed by atoms with Crippen LogP contribution in [0.4, 0.5) is 5.82 Å². The average Bonchev–Trinajstić information content (AvgIpc) is 3.25. The van der Waals surface area contributed by atoms with Crippen molar-refractivity contribution in [2.75, 3.05) is 18.0 Å². The minimum atomic E-state index is -1.08. The predicted molar refractivity (Wildman–Crippen MR) is 141 cm³/mol. The van der Waals surface area contributed by atoms with Crippen LogP contribution < -0.4 is 16.0 Å². The van der Waals surface area contributed by atoms with Gasteiger partial charge in [0.25, 0.3) is 0 Å². The van der Waals surface area contributed by atoms with Crippen molar-refractivity contribution in [2.45, 2.75) is 31.5 Å². The first-order valence-corrected chi connectivity index (χ1v) is 12.3. The van der Waals surface area contributed by atoms with Crippen LogP contribution in [0.25, 0.3) is 28.2 Å². The van der Waals surface area contributed by atoms with Crippen LogP contribution in [0.1, 0.15) is 19.8 Å². The van der Waals surface area contributed by atoms with Gasteiger partial charge in [-0.05, 0) is 49.4 Å². The number of aromatic nitrogens is 4. The molecule has 2 unspecified atom stereocenters. The number of nitrogens with zero attached hydrogens (tertiary/aromatic N) is 5. The number of piperidine rings is 1. The van der Waals surface area contributed by atoms with Gasteiger partial charge in [0.15, 0.2) is 17.0 Å². The number of halogens is 2. The number of carboxylic acids is 1. The van der Waals surface area contributed by atoms with E-state index < -0.39 is 17.7 Å². The van der Waals surface area contributed by atoms with Crippen molar-refractivity contribution in [1.29, 1.82) is 0 Å². The van der Waals surface area contributed by atoms with E-state index in [0.29, 0.717) is 52.4 Å². The second-order valence-corrected chi connectivity index (χ2v) is 9.57. The molecule has 1 aliphatic rings. The molecule has 0 aliphatic carbocycles. The summed E-state index contributed by atoms with van der Waals surface area (Å²) in [5.74, 6) is 0.238. The van der Waals surface area contributed by atoms with Crippen molar-refractivity contribution in [3.8, 4) is 17.1 Å². The second kappa shape index (κ2) is 9.67. The normalized spacial score (nSPS) is 20.1. The molecule has 11 heteroatoms. The highest BCUT2D eigenvalue weighted by atomic mass is 35.5. The van der Waals surface area contributed by atoms with Crippen LogP contribution >= 0.6 is 23.2 Å². The van der Waals surface area contributed by atoms with Gasteiger partial charge in [-0.15, -0.1) is 0 Å². The fraction of sp³-hybridized carbons (Fsp3) is 0.280. The van der Waals surface area contributed by atoms with E-state index in [0.717, 1.165) is 11.3 Å². The van der Waals surface area contributed by atoms with Gasteiger partial charge in [-0.3, -0.25) is 9.36 Å². The van der Waals surface area contributed by atoms with Crippen LogP contribution in [0.2, 0.25) is 10.0 Å². The fourth-order valence-electron chi connectivity index (χ4n) is 4.83. The van der Waals surface area contributed by atoms with Crippen LogP contribution in [0, 0.1) is 0 Å². The third kappa shape index (κ3) is 4.18. The van der Waals surface area contributed by atoms with Gasteiger partial charge in [0.2, 0.25) is 0 Å². The highest BCUT2D eigenvalue weighted by molar-refractivity contribution is 6.33. The minimum absolute atomic E-state index is 0.219. The SMILES string of the molecule is CCNC1(C(=O)O)CCN(c2ncnc3c2nc(-c2ccccc2Cl)n3-c2ccc(Cl)cc2)C(N)C1.